The van der Waals surface area contributed by atoms with Gasteiger partial charge in [-0.05, 0) is 41.8 Å². The first-order valence-corrected chi connectivity index (χ1v) is 9.23. The van der Waals surface area contributed by atoms with Gasteiger partial charge in [0.1, 0.15) is 11.3 Å². The fraction of sp³-hybridized carbons (Fsp3) is 0.235. The first kappa shape index (κ1) is 18.3. The standard InChI is InChI=1S/C17H17ClO5S/c1-3-11-4-5-12(15(17(19)20)16(11)23-2)10-24(21,22)14-8-6-13(18)7-9-14/h4-9H,3,10H2,1-2H3,(H,19,20). The molecule has 0 aliphatic carbocycles. The van der Waals surface area contributed by atoms with Crippen LogP contribution < -0.4 is 4.74 Å². The first-order valence-electron chi connectivity index (χ1n) is 7.20. The molecule has 0 fully saturated rings. The van der Waals surface area contributed by atoms with Crippen molar-refractivity contribution in [2.24, 2.45) is 0 Å². The summed E-state index contributed by atoms with van der Waals surface area (Å²) in [6.45, 7) is 1.87. The van der Waals surface area contributed by atoms with Gasteiger partial charge in [-0.25, -0.2) is 13.2 Å². The van der Waals surface area contributed by atoms with Crippen molar-refractivity contribution in [1.29, 1.82) is 0 Å². The summed E-state index contributed by atoms with van der Waals surface area (Å²) in [5.41, 5.74) is 0.781. The molecule has 2 aromatic carbocycles. The molecular formula is C17H17ClO5S. The third-order valence-electron chi connectivity index (χ3n) is 3.64. The number of rotatable bonds is 6. The average Bonchev–Trinajstić information content (AvgIpc) is 2.54. The van der Waals surface area contributed by atoms with E-state index in [1.807, 2.05) is 6.92 Å². The summed E-state index contributed by atoms with van der Waals surface area (Å²) in [4.78, 5) is 11.7. The lowest BCUT2D eigenvalue weighted by atomic mass is 10.0. The highest BCUT2D eigenvalue weighted by Gasteiger charge is 2.24. The molecular weight excluding hydrogens is 352 g/mol. The van der Waals surface area contributed by atoms with Crippen LogP contribution in [0.2, 0.25) is 5.02 Å². The van der Waals surface area contributed by atoms with Crippen LogP contribution in [0.5, 0.6) is 5.75 Å². The number of sulfone groups is 1. The Kier molecular flexibility index (Phi) is 5.51. The van der Waals surface area contributed by atoms with E-state index >= 15 is 0 Å². The normalized spacial score (nSPS) is 11.3. The minimum atomic E-state index is -3.71. The molecule has 1 N–H and O–H groups in total. The molecule has 7 heteroatoms. The van der Waals surface area contributed by atoms with Crippen LogP contribution in [-0.2, 0) is 22.0 Å². The Balaban J connectivity index is 2.53. The second-order valence-electron chi connectivity index (χ2n) is 5.16. The lowest BCUT2D eigenvalue weighted by molar-refractivity contribution is 0.0692. The van der Waals surface area contributed by atoms with Gasteiger partial charge in [0.25, 0.3) is 0 Å². The van der Waals surface area contributed by atoms with Gasteiger partial charge in [0, 0.05) is 5.02 Å². The zero-order valence-corrected chi connectivity index (χ0v) is 14.8. The summed E-state index contributed by atoms with van der Waals surface area (Å²) in [6.07, 6.45) is 0.577. The summed E-state index contributed by atoms with van der Waals surface area (Å²) in [5.74, 6) is -1.45. The van der Waals surface area contributed by atoms with Crippen LogP contribution in [0.15, 0.2) is 41.3 Å². The van der Waals surface area contributed by atoms with Gasteiger partial charge in [0.15, 0.2) is 9.84 Å². The van der Waals surface area contributed by atoms with Crippen LogP contribution in [0.1, 0.15) is 28.4 Å². The summed E-state index contributed by atoms with van der Waals surface area (Å²) in [6, 6.07) is 8.97. The number of hydrogen-bond acceptors (Lipinski definition) is 4. The zero-order chi connectivity index (χ0) is 17.9. The largest absolute Gasteiger partial charge is 0.496 e. The molecule has 0 aromatic heterocycles. The molecule has 0 saturated carbocycles. The Morgan fingerprint density at radius 3 is 2.21 bits per heavy atom. The number of carboxylic acids is 1. The maximum atomic E-state index is 12.6. The second-order valence-corrected chi connectivity index (χ2v) is 7.59. The molecule has 0 radical (unpaired) electrons. The Bertz CT molecular complexity index is 857. The SMILES string of the molecule is CCc1ccc(CS(=O)(=O)c2ccc(Cl)cc2)c(C(=O)O)c1OC. The molecule has 24 heavy (non-hydrogen) atoms. The van der Waals surface area contributed by atoms with Crippen molar-refractivity contribution in [3.05, 3.63) is 58.1 Å². The molecule has 2 aromatic rings. The summed E-state index contributed by atoms with van der Waals surface area (Å²) < 4.78 is 30.3. The van der Waals surface area contributed by atoms with E-state index in [1.54, 1.807) is 6.07 Å². The van der Waals surface area contributed by atoms with Gasteiger partial charge in [-0.2, -0.15) is 0 Å². The Morgan fingerprint density at radius 2 is 1.71 bits per heavy atom. The molecule has 128 valence electrons. The van der Waals surface area contributed by atoms with Gasteiger partial charge in [0.05, 0.1) is 17.8 Å². The van der Waals surface area contributed by atoms with Crippen molar-refractivity contribution in [2.75, 3.05) is 7.11 Å². The third kappa shape index (κ3) is 3.71. The van der Waals surface area contributed by atoms with Crippen molar-refractivity contribution in [3.8, 4) is 5.75 Å². The van der Waals surface area contributed by atoms with Crippen LogP contribution in [0.25, 0.3) is 0 Å². The summed E-state index contributed by atoms with van der Waals surface area (Å²) >= 11 is 5.77. The molecule has 0 amide bonds. The minimum Gasteiger partial charge on any atom is -0.496 e. The Labute approximate surface area is 145 Å². The highest BCUT2D eigenvalue weighted by molar-refractivity contribution is 7.90. The van der Waals surface area contributed by atoms with Crippen LogP contribution in [-0.4, -0.2) is 26.6 Å². The molecule has 0 atom stereocenters. The number of benzene rings is 2. The van der Waals surface area contributed by atoms with Crippen LogP contribution >= 0.6 is 11.6 Å². The van der Waals surface area contributed by atoms with E-state index in [-0.39, 0.29) is 21.8 Å². The van der Waals surface area contributed by atoms with Crippen molar-refractivity contribution in [1.82, 2.24) is 0 Å². The van der Waals surface area contributed by atoms with Crippen molar-refractivity contribution >= 4 is 27.4 Å². The van der Waals surface area contributed by atoms with Crippen molar-refractivity contribution in [3.63, 3.8) is 0 Å². The number of methoxy groups -OCH3 is 1. The van der Waals surface area contributed by atoms with Crippen LogP contribution in [0.4, 0.5) is 0 Å². The summed E-state index contributed by atoms with van der Waals surface area (Å²) in [5, 5.41) is 9.93. The zero-order valence-electron chi connectivity index (χ0n) is 13.2. The van der Waals surface area contributed by atoms with Gasteiger partial charge in [-0.3, -0.25) is 0 Å². The molecule has 0 unspecified atom stereocenters. The van der Waals surface area contributed by atoms with Gasteiger partial charge in [0.2, 0.25) is 0 Å². The van der Waals surface area contributed by atoms with E-state index in [1.165, 1.54) is 37.4 Å². The maximum Gasteiger partial charge on any atom is 0.339 e. The second kappa shape index (κ2) is 7.23. The molecule has 0 saturated heterocycles. The van der Waals surface area contributed by atoms with Gasteiger partial charge < -0.3 is 9.84 Å². The monoisotopic (exact) mass is 368 g/mol. The van der Waals surface area contributed by atoms with Crippen LogP contribution in [0.3, 0.4) is 0 Å². The smallest absolute Gasteiger partial charge is 0.339 e. The highest BCUT2D eigenvalue weighted by atomic mass is 35.5. The fourth-order valence-corrected chi connectivity index (χ4v) is 3.96. The number of aryl methyl sites for hydroxylation is 1. The first-order chi connectivity index (χ1) is 11.3. The predicted molar refractivity (Wildman–Crippen MR) is 91.7 cm³/mol. The van der Waals surface area contributed by atoms with E-state index in [0.717, 1.165) is 0 Å². The van der Waals surface area contributed by atoms with E-state index in [2.05, 4.69) is 0 Å². The average molecular weight is 369 g/mol. The topological polar surface area (TPSA) is 80.7 Å². The predicted octanol–water partition coefficient (Wildman–Crippen LogP) is 3.58. The number of hydrogen-bond donors (Lipinski definition) is 1. The third-order valence-corrected chi connectivity index (χ3v) is 5.58. The number of halogens is 1. The highest BCUT2D eigenvalue weighted by Crippen LogP contribution is 2.30. The van der Waals surface area contributed by atoms with E-state index < -0.39 is 21.6 Å². The van der Waals surface area contributed by atoms with Crippen molar-refractivity contribution < 1.29 is 23.1 Å². The maximum absolute atomic E-state index is 12.6. The lowest BCUT2D eigenvalue weighted by Gasteiger charge is -2.14. The van der Waals surface area contributed by atoms with E-state index in [0.29, 0.717) is 17.0 Å². The number of aromatic carboxylic acids is 1. The van der Waals surface area contributed by atoms with E-state index in [9.17, 15) is 18.3 Å². The lowest BCUT2D eigenvalue weighted by Crippen LogP contribution is -2.12. The Hall–Kier alpha value is -2.05. The molecule has 0 spiro atoms. The molecule has 0 aliphatic rings. The quantitative estimate of drug-likeness (QED) is 0.842. The Morgan fingerprint density at radius 1 is 1.12 bits per heavy atom. The number of ether oxygens (including phenoxy) is 1. The van der Waals surface area contributed by atoms with Gasteiger partial charge >= 0.3 is 5.97 Å². The number of carboxylic acid groups (broad SMARTS) is 1. The van der Waals surface area contributed by atoms with E-state index in [4.69, 9.17) is 16.3 Å². The molecule has 0 bridgehead atoms. The molecule has 5 nitrogen and oxygen atoms in total. The molecule has 2 rings (SSSR count). The molecule has 0 heterocycles. The number of carbonyl (C=O) groups is 1. The molecule has 0 aliphatic heterocycles. The summed E-state index contributed by atoms with van der Waals surface area (Å²) in [7, 11) is -2.33. The van der Waals surface area contributed by atoms with Crippen molar-refractivity contribution in [2.45, 2.75) is 24.0 Å². The van der Waals surface area contributed by atoms with Crippen LogP contribution in [0, 0.1) is 0 Å². The fourth-order valence-electron chi connectivity index (χ4n) is 2.46. The van der Waals surface area contributed by atoms with Gasteiger partial charge in [-0.15, -0.1) is 0 Å². The minimum absolute atomic E-state index is 0.0850. The van der Waals surface area contributed by atoms with Gasteiger partial charge in [-0.1, -0.05) is 30.7 Å².